The van der Waals surface area contributed by atoms with Crippen LogP contribution in [0.2, 0.25) is 0 Å². The van der Waals surface area contributed by atoms with Crippen LogP contribution in [0, 0.1) is 18.3 Å². The van der Waals surface area contributed by atoms with E-state index >= 15 is 0 Å². The monoisotopic (exact) mass is 262 g/mol. The first-order chi connectivity index (χ1) is 9.74. The number of imidazole rings is 1. The van der Waals surface area contributed by atoms with Gasteiger partial charge in [-0.2, -0.15) is 5.26 Å². The highest BCUT2D eigenvalue weighted by Crippen LogP contribution is 2.16. The minimum absolute atomic E-state index is 0.671. The molecule has 0 fully saturated rings. The topological polar surface area (TPSA) is 64.5 Å². The molecule has 2 aromatic carbocycles. The maximum atomic E-state index is 8.76. The van der Waals surface area contributed by atoms with Gasteiger partial charge in [-0.3, -0.25) is 0 Å². The van der Waals surface area contributed by atoms with Gasteiger partial charge >= 0.3 is 0 Å². The predicted molar refractivity (Wildman–Crippen MR) is 79.3 cm³/mol. The summed E-state index contributed by atoms with van der Waals surface area (Å²) < 4.78 is 0. The summed E-state index contributed by atoms with van der Waals surface area (Å²) in [6.07, 6.45) is 0. The van der Waals surface area contributed by atoms with Gasteiger partial charge in [-0.1, -0.05) is 18.2 Å². The fourth-order valence-corrected chi connectivity index (χ4v) is 2.09. The van der Waals surface area contributed by atoms with Crippen LogP contribution in [-0.4, -0.2) is 9.97 Å². The van der Waals surface area contributed by atoms with E-state index in [-0.39, 0.29) is 0 Å². The molecule has 0 unspecified atom stereocenters. The van der Waals surface area contributed by atoms with Crippen molar-refractivity contribution in [1.29, 1.82) is 5.26 Å². The Balaban J connectivity index is 1.74. The SMILES string of the molecule is Cc1ccc2nc(NCc3ccc(C#N)cc3)[nH]c2c1. The zero-order chi connectivity index (χ0) is 13.9. The van der Waals surface area contributed by atoms with Crippen molar-refractivity contribution in [3.05, 3.63) is 59.2 Å². The molecule has 3 rings (SSSR count). The number of aromatic amines is 1. The molecule has 3 aromatic rings. The lowest BCUT2D eigenvalue weighted by Crippen LogP contribution is -2.00. The van der Waals surface area contributed by atoms with Crippen LogP contribution >= 0.6 is 0 Å². The van der Waals surface area contributed by atoms with Gasteiger partial charge in [-0.25, -0.2) is 4.98 Å². The molecule has 0 radical (unpaired) electrons. The molecule has 4 nitrogen and oxygen atoms in total. The van der Waals surface area contributed by atoms with Crippen molar-refractivity contribution in [2.75, 3.05) is 5.32 Å². The summed E-state index contributed by atoms with van der Waals surface area (Å²) in [7, 11) is 0. The maximum Gasteiger partial charge on any atom is 0.201 e. The molecule has 0 aliphatic rings. The second-order valence-electron chi connectivity index (χ2n) is 4.77. The molecule has 0 amide bonds. The number of benzene rings is 2. The smallest absolute Gasteiger partial charge is 0.201 e. The van der Waals surface area contributed by atoms with E-state index in [4.69, 9.17) is 5.26 Å². The van der Waals surface area contributed by atoms with Gasteiger partial charge in [0.05, 0.1) is 22.7 Å². The average molecular weight is 262 g/mol. The van der Waals surface area contributed by atoms with Crippen molar-refractivity contribution in [2.45, 2.75) is 13.5 Å². The van der Waals surface area contributed by atoms with Crippen molar-refractivity contribution in [2.24, 2.45) is 0 Å². The summed E-state index contributed by atoms with van der Waals surface area (Å²) >= 11 is 0. The van der Waals surface area contributed by atoms with Gasteiger partial charge in [-0.15, -0.1) is 0 Å². The highest BCUT2D eigenvalue weighted by Gasteiger charge is 2.02. The standard InChI is InChI=1S/C16H14N4/c1-11-2-7-14-15(8-11)20-16(19-14)18-10-13-5-3-12(9-17)4-6-13/h2-8H,10H2,1H3,(H2,18,19,20). The molecule has 0 aliphatic carbocycles. The van der Waals surface area contributed by atoms with E-state index < -0.39 is 0 Å². The lowest BCUT2D eigenvalue weighted by molar-refractivity contribution is 1.10. The van der Waals surface area contributed by atoms with E-state index in [9.17, 15) is 0 Å². The molecule has 0 spiro atoms. The van der Waals surface area contributed by atoms with E-state index in [1.54, 1.807) is 0 Å². The van der Waals surface area contributed by atoms with Crippen molar-refractivity contribution in [3.8, 4) is 6.07 Å². The number of hydrogen-bond acceptors (Lipinski definition) is 3. The Hall–Kier alpha value is -2.80. The molecule has 4 heteroatoms. The quantitative estimate of drug-likeness (QED) is 0.760. The van der Waals surface area contributed by atoms with E-state index in [0.29, 0.717) is 12.1 Å². The molecule has 20 heavy (non-hydrogen) atoms. The fraction of sp³-hybridized carbons (Fsp3) is 0.125. The first kappa shape index (κ1) is 12.2. The fourth-order valence-electron chi connectivity index (χ4n) is 2.09. The number of H-pyrrole nitrogens is 1. The number of rotatable bonds is 3. The molecular weight excluding hydrogens is 248 g/mol. The molecule has 1 heterocycles. The highest BCUT2D eigenvalue weighted by molar-refractivity contribution is 5.78. The molecule has 98 valence electrons. The minimum Gasteiger partial charge on any atom is -0.352 e. The number of nitrogens with one attached hydrogen (secondary N) is 2. The predicted octanol–water partition coefficient (Wildman–Crippen LogP) is 3.36. The van der Waals surface area contributed by atoms with Gasteiger partial charge in [0.1, 0.15) is 0 Å². The van der Waals surface area contributed by atoms with Crippen LogP contribution in [0.1, 0.15) is 16.7 Å². The molecule has 0 saturated heterocycles. The van der Waals surface area contributed by atoms with Crippen LogP contribution in [0.25, 0.3) is 11.0 Å². The molecule has 1 aromatic heterocycles. The zero-order valence-electron chi connectivity index (χ0n) is 11.1. The van der Waals surface area contributed by atoms with Crippen molar-refractivity contribution < 1.29 is 0 Å². The van der Waals surface area contributed by atoms with Crippen LogP contribution < -0.4 is 5.32 Å². The Morgan fingerprint density at radius 2 is 2.00 bits per heavy atom. The minimum atomic E-state index is 0.671. The largest absolute Gasteiger partial charge is 0.352 e. The lowest BCUT2D eigenvalue weighted by Gasteiger charge is -2.02. The number of anilines is 1. The van der Waals surface area contributed by atoms with Crippen molar-refractivity contribution in [1.82, 2.24) is 9.97 Å². The first-order valence-corrected chi connectivity index (χ1v) is 6.44. The van der Waals surface area contributed by atoms with Crippen LogP contribution in [0.15, 0.2) is 42.5 Å². The van der Waals surface area contributed by atoms with Crippen LogP contribution in [-0.2, 0) is 6.54 Å². The zero-order valence-corrected chi connectivity index (χ0v) is 11.1. The number of aromatic nitrogens is 2. The van der Waals surface area contributed by atoms with E-state index in [1.807, 2.05) is 36.4 Å². The molecule has 0 aliphatic heterocycles. The van der Waals surface area contributed by atoms with Gasteiger partial charge in [0.25, 0.3) is 0 Å². The van der Waals surface area contributed by atoms with Gasteiger partial charge in [0.15, 0.2) is 0 Å². The second-order valence-corrected chi connectivity index (χ2v) is 4.77. The second kappa shape index (κ2) is 5.06. The van der Waals surface area contributed by atoms with Crippen molar-refractivity contribution in [3.63, 3.8) is 0 Å². The Morgan fingerprint density at radius 1 is 1.20 bits per heavy atom. The number of aryl methyl sites for hydroxylation is 1. The van der Waals surface area contributed by atoms with E-state index in [0.717, 1.165) is 22.5 Å². The van der Waals surface area contributed by atoms with E-state index in [1.165, 1.54) is 5.56 Å². The summed E-state index contributed by atoms with van der Waals surface area (Å²) in [5, 5.41) is 12.0. The highest BCUT2D eigenvalue weighted by atomic mass is 15.1. The van der Waals surface area contributed by atoms with Crippen LogP contribution in [0.3, 0.4) is 0 Å². The third kappa shape index (κ3) is 2.47. The Morgan fingerprint density at radius 3 is 2.75 bits per heavy atom. The van der Waals surface area contributed by atoms with Crippen LogP contribution in [0.4, 0.5) is 5.95 Å². The Kier molecular flexibility index (Phi) is 3.10. The number of hydrogen-bond donors (Lipinski definition) is 2. The maximum absolute atomic E-state index is 8.76. The number of nitriles is 1. The van der Waals surface area contributed by atoms with Gasteiger partial charge in [-0.05, 0) is 42.3 Å². The van der Waals surface area contributed by atoms with Gasteiger partial charge in [0, 0.05) is 6.54 Å². The lowest BCUT2D eigenvalue weighted by atomic mass is 10.1. The van der Waals surface area contributed by atoms with Crippen molar-refractivity contribution >= 4 is 17.0 Å². The summed E-state index contributed by atoms with van der Waals surface area (Å²) in [5.74, 6) is 0.759. The van der Waals surface area contributed by atoms with Gasteiger partial charge < -0.3 is 10.3 Å². The molecule has 0 atom stereocenters. The number of fused-ring (bicyclic) bond motifs is 1. The van der Waals surface area contributed by atoms with Crippen LogP contribution in [0.5, 0.6) is 0 Å². The van der Waals surface area contributed by atoms with E-state index in [2.05, 4.69) is 34.3 Å². The first-order valence-electron chi connectivity index (χ1n) is 6.44. The molecule has 0 saturated carbocycles. The Bertz CT molecular complexity index is 778. The third-order valence-electron chi connectivity index (χ3n) is 3.18. The summed E-state index contributed by atoms with van der Waals surface area (Å²) in [4.78, 5) is 7.74. The van der Waals surface area contributed by atoms with Gasteiger partial charge in [0.2, 0.25) is 5.95 Å². The molecule has 0 bridgehead atoms. The normalized spacial score (nSPS) is 10.4. The number of nitrogens with zero attached hydrogens (tertiary/aromatic N) is 2. The Labute approximate surface area is 117 Å². The molecule has 2 N–H and O–H groups in total. The summed E-state index contributed by atoms with van der Waals surface area (Å²) in [5.41, 5.74) is 4.98. The third-order valence-corrected chi connectivity index (χ3v) is 3.18. The summed E-state index contributed by atoms with van der Waals surface area (Å²) in [6.45, 7) is 2.73. The molecular formula is C16H14N4. The average Bonchev–Trinajstić information content (AvgIpc) is 2.87. The summed E-state index contributed by atoms with van der Waals surface area (Å²) in [6, 6.07) is 15.8.